The van der Waals surface area contributed by atoms with E-state index in [0.29, 0.717) is 31.9 Å². The number of benzene rings is 2. The topological polar surface area (TPSA) is 79.0 Å². The van der Waals surface area contributed by atoms with Gasteiger partial charge in [-0.2, -0.15) is 0 Å². The van der Waals surface area contributed by atoms with E-state index >= 15 is 0 Å². The third kappa shape index (κ3) is 5.96. The number of nitrogens with zero attached hydrogens (tertiary/aromatic N) is 2. The van der Waals surface area contributed by atoms with Crippen LogP contribution >= 0.6 is 11.8 Å². The molecule has 0 saturated carbocycles. The van der Waals surface area contributed by atoms with Crippen molar-refractivity contribution in [2.45, 2.75) is 35.7 Å². The molecule has 0 radical (unpaired) electrons. The van der Waals surface area contributed by atoms with E-state index in [9.17, 15) is 13.2 Å². The second-order valence-electron chi connectivity index (χ2n) is 8.34. The van der Waals surface area contributed by atoms with Crippen LogP contribution < -0.4 is 4.72 Å². The lowest BCUT2D eigenvalue weighted by atomic mass is 10.1. The summed E-state index contributed by atoms with van der Waals surface area (Å²) in [7, 11) is -3.78. The molecule has 2 heterocycles. The number of hydrogen-bond acceptors (Lipinski definition) is 6. The maximum absolute atomic E-state index is 13.1. The van der Waals surface area contributed by atoms with Crippen molar-refractivity contribution in [2.75, 3.05) is 45.6 Å². The van der Waals surface area contributed by atoms with Crippen LogP contribution in [0.2, 0.25) is 0 Å². The highest BCUT2D eigenvalue weighted by Gasteiger charge is 2.24. The molecular formula is C24H31N3O4S2. The molecule has 0 spiro atoms. The number of carbonyl (C=O) groups is 1. The fourth-order valence-corrected chi connectivity index (χ4v) is 5.88. The number of likely N-dealkylation sites (tertiary alicyclic amines) is 1. The molecule has 2 aromatic rings. The van der Waals surface area contributed by atoms with E-state index in [1.54, 1.807) is 17.0 Å². The van der Waals surface area contributed by atoms with Gasteiger partial charge in [0, 0.05) is 31.1 Å². The zero-order valence-corrected chi connectivity index (χ0v) is 20.6. The first kappa shape index (κ1) is 24.2. The molecule has 2 aliphatic rings. The average Bonchev–Trinajstić information content (AvgIpc) is 3.36. The summed E-state index contributed by atoms with van der Waals surface area (Å²) in [5.74, 6) is -0.157. The largest absolute Gasteiger partial charge is 0.378 e. The minimum atomic E-state index is -3.78. The molecule has 2 aromatic carbocycles. The van der Waals surface area contributed by atoms with Gasteiger partial charge in [-0.3, -0.25) is 9.69 Å². The molecule has 0 bridgehead atoms. The van der Waals surface area contributed by atoms with Crippen molar-refractivity contribution in [2.24, 2.45) is 0 Å². The predicted octanol–water partition coefficient (Wildman–Crippen LogP) is 2.96. The Balaban J connectivity index is 1.51. The van der Waals surface area contributed by atoms with Gasteiger partial charge in [-0.25, -0.2) is 13.1 Å². The van der Waals surface area contributed by atoms with Gasteiger partial charge < -0.3 is 9.64 Å². The molecule has 2 saturated heterocycles. The molecule has 0 atom stereocenters. The fourth-order valence-electron chi connectivity index (χ4n) is 4.28. The second-order valence-corrected chi connectivity index (χ2v) is 11.0. The number of nitrogens with one attached hydrogen (secondary N) is 1. The Bertz CT molecular complexity index is 1080. The fraction of sp³-hybridized carbons (Fsp3) is 0.458. The van der Waals surface area contributed by atoms with Crippen LogP contribution in [-0.4, -0.2) is 69.8 Å². The average molecular weight is 490 g/mol. The first-order chi connectivity index (χ1) is 16.0. The highest BCUT2D eigenvalue weighted by atomic mass is 32.2. The number of hydrogen-bond donors (Lipinski definition) is 1. The van der Waals surface area contributed by atoms with E-state index in [4.69, 9.17) is 4.74 Å². The lowest BCUT2D eigenvalue weighted by molar-refractivity contribution is 0.0300. The van der Waals surface area contributed by atoms with Crippen molar-refractivity contribution in [1.82, 2.24) is 14.5 Å². The quantitative estimate of drug-likeness (QED) is 0.575. The molecule has 1 N–H and O–H groups in total. The monoisotopic (exact) mass is 489 g/mol. The second kappa shape index (κ2) is 11.0. The molecule has 7 nitrogen and oxygen atoms in total. The number of ether oxygens (including phenoxy) is 1. The Labute approximate surface area is 200 Å². The summed E-state index contributed by atoms with van der Waals surface area (Å²) in [6.45, 7) is 5.23. The number of carbonyl (C=O) groups excluding carboxylic acids is 1. The third-order valence-electron chi connectivity index (χ3n) is 6.17. The number of sulfonamides is 1. The first-order valence-electron chi connectivity index (χ1n) is 11.3. The summed E-state index contributed by atoms with van der Waals surface area (Å²) in [5, 5.41) is 0. The summed E-state index contributed by atoms with van der Waals surface area (Å²) in [6, 6.07) is 12.8. The van der Waals surface area contributed by atoms with Crippen molar-refractivity contribution < 1.29 is 17.9 Å². The van der Waals surface area contributed by atoms with E-state index < -0.39 is 10.0 Å². The molecule has 0 unspecified atom stereocenters. The Morgan fingerprint density at radius 3 is 2.42 bits per heavy atom. The van der Waals surface area contributed by atoms with Gasteiger partial charge in [-0.15, -0.1) is 11.8 Å². The van der Waals surface area contributed by atoms with Crippen LogP contribution in [0.15, 0.2) is 52.3 Å². The van der Waals surface area contributed by atoms with Crippen LogP contribution in [0.4, 0.5) is 0 Å². The van der Waals surface area contributed by atoms with Crippen molar-refractivity contribution in [3.63, 3.8) is 0 Å². The zero-order chi connectivity index (χ0) is 23.3. The highest BCUT2D eigenvalue weighted by Crippen LogP contribution is 2.26. The van der Waals surface area contributed by atoms with Gasteiger partial charge in [0.25, 0.3) is 5.91 Å². The molecule has 33 heavy (non-hydrogen) atoms. The standard InChI is InChI=1S/C24H31N3O4S2/c1-32-23-9-8-21(16-22(23)24(28)27-12-14-31-15-13-27)33(29,30)25-17-19-6-2-3-7-20(19)18-26-10-4-5-11-26/h2-3,6-9,16,25H,4-5,10-15,17-18H2,1H3. The SMILES string of the molecule is CSc1ccc(S(=O)(=O)NCc2ccccc2CN2CCCC2)cc1C(=O)N1CCOCC1. The van der Waals surface area contributed by atoms with Crippen LogP contribution in [-0.2, 0) is 27.8 Å². The van der Waals surface area contributed by atoms with Crippen LogP contribution in [0.3, 0.4) is 0 Å². The number of amides is 1. The highest BCUT2D eigenvalue weighted by molar-refractivity contribution is 7.98. The molecule has 178 valence electrons. The van der Waals surface area contributed by atoms with E-state index in [1.807, 2.05) is 24.5 Å². The Hall–Kier alpha value is -1.91. The lowest BCUT2D eigenvalue weighted by Crippen LogP contribution is -2.41. The van der Waals surface area contributed by atoms with Crippen molar-refractivity contribution in [3.8, 4) is 0 Å². The van der Waals surface area contributed by atoms with E-state index in [0.717, 1.165) is 35.7 Å². The molecule has 0 aromatic heterocycles. The van der Waals surface area contributed by atoms with E-state index in [1.165, 1.54) is 30.7 Å². The number of thioether (sulfide) groups is 1. The van der Waals surface area contributed by atoms with Gasteiger partial charge in [0.05, 0.1) is 23.7 Å². The van der Waals surface area contributed by atoms with E-state index in [2.05, 4.69) is 15.7 Å². The van der Waals surface area contributed by atoms with Gasteiger partial charge in [0.2, 0.25) is 10.0 Å². The molecule has 4 rings (SSSR count). The maximum Gasteiger partial charge on any atom is 0.255 e. The summed E-state index contributed by atoms with van der Waals surface area (Å²) in [4.78, 5) is 18.1. The smallest absolute Gasteiger partial charge is 0.255 e. The maximum atomic E-state index is 13.1. The Morgan fingerprint density at radius 2 is 1.73 bits per heavy atom. The van der Waals surface area contributed by atoms with E-state index in [-0.39, 0.29) is 17.3 Å². The number of morpholine rings is 1. The molecule has 1 amide bonds. The van der Waals surface area contributed by atoms with Crippen LogP contribution in [0.5, 0.6) is 0 Å². The molecule has 9 heteroatoms. The number of rotatable bonds is 8. The van der Waals surface area contributed by atoms with Crippen molar-refractivity contribution in [3.05, 3.63) is 59.2 Å². The summed E-state index contributed by atoms with van der Waals surface area (Å²) < 4.78 is 34.4. The molecule has 2 fully saturated rings. The summed E-state index contributed by atoms with van der Waals surface area (Å²) in [5.41, 5.74) is 2.53. The van der Waals surface area contributed by atoms with Gasteiger partial charge in [-0.1, -0.05) is 24.3 Å². The zero-order valence-electron chi connectivity index (χ0n) is 19.0. The Kier molecular flexibility index (Phi) is 8.08. The normalized spacial score (nSPS) is 17.4. The van der Waals surface area contributed by atoms with Crippen LogP contribution in [0.25, 0.3) is 0 Å². The van der Waals surface area contributed by atoms with Gasteiger partial charge in [-0.05, 0) is 61.5 Å². The molecule has 0 aliphatic carbocycles. The molecule has 2 aliphatic heterocycles. The Morgan fingerprint density at radius 1 is 1.03 bits per heavy atom. The van der Waals surface area contributed by atoms with Gasteiger partial charge in [0.15, 0.2) is 0 Å². The minimum absolute atomic E-state index is 0.105. The van der Waals surface area contributed by atoms with Gasteiger partial charge >= 0.3 is 0 Å². The first-order valence-corrected chi connectivity index (χ1v) is 14.0. The lowest BCUT2D eigenvalue weighted by Gasteiger charge is -2.27. The predicted molar refractivity (Wildman–Crippen MR) is 130 cm³/mol. The summed E-state index contributed by atoms with van der Waals surface area (Å²) >= 11 is 1.44. The van der Waals surface area contributed by atoms with Gasteiger partial charge in [0.1, 0.15) is 0 Å². The third-order valence-corrected chi connectivity index (χ3v) is 8.37. The van der Waals surface area contributed by atoms with Crippen LogP contribution in [0, 0.1) is 0 Å². The molecular weight excluding hydrogens is 458 g/mol. The van der Waals surface area contributed by atoms with Crippen LogP contribution in [0.1, 0.15) is 34.3 Å². The minimum Gasteiger partial charge on any atom is -0.378 e. The summed E-state index contributed by atoms with van der Waals surface area (Å²) in [6.07, 6.45) is 4.31. The van der Waals surface area contributed by atoms with Crippen molar-refractivity contribution >= 4 is 27.7 Å². The van der Waals surface area contributed by atoms with Crippen molar-refractivity contribution in [1.29, 1.82) is 0 Å².